The molecule has 5 heteroatoms. The highest BCUT2D eigenvalue weighted by atomic mass is 35.5. The smallest absolute Gasteiger partial charge is 0.309 e. The van der Waals surface area contributed by atoms with Crippen LogP contribution in [0.15, 0.2) is 18.2 Å². The molecule has 0 amide bonds. The minimum Gasteiger partial charge on any atom is -0.481 e. The van der Waals surface area contributed by atoms with Gasteiger partial charge >= 0.3 is 5.97 Å². The van der Waals surface area contributed by atoms with E-state index < -0.39 is 11.4 Å². The molecule has 1 fully saturated rings. The maximum atomic E-state index is 14.0. The van der Waals surface area contributed by atoms with Gasteiger partial charge in [-0.15, -0.1) is 0 Å². The van der Waals surface area contributed by atoms with Gasteiger partial charge in [0.1, 0.15) is 5.82 Å². The van der Waals surface area contributed by atoms with Crippen LogP contribution in [0.2, 0.25) is 5.02 Å². The molecule has 1 N–H and O–H groups in total. The first kappa shape index (κ1) is 16.2. The van der Waals surface area contributed by atoms with Crippen molar-refractivity contribution in [1.29, 1.82) is 0 Å². The second-order valence-corrected chi connectivity index (χ2v) is 6.72. The van der Waals surface area contributed by atoms with E-state index in [0.29, 0.717) is 18.7 Å². The summed E-state index contributed by atoms with van der Waals surface area (Å²) in [4.78, 5) is 13.5. The van der Waals surface area contributed by atoms with Gasteiger partial charge in [-0.05, 0) is 45.2 Å². The molecular weight excluding hydrogens is 293 g/mol. The van der Waals surface area contributed by atoms with Crippen LogP contribution >= 0.6 is 11.6 Å². The summed E-state index contributed by atoms with van der Waals surface area (Å²) in [6.07, 6.45) is 1.83. The summed E-state index contributed by atoms with van der Waals surface area (Å²) < 4.78 is 14.0. The number of carboxylic acids is 1. The van der Waals surface area contributed by atoms with Crippen LogP contribution in [0, 0.1) is 17.2 Å². The standard InChI is InChI=1S/C16H21ClFNO2/c1-16(2,15(20)21)12-6-4-8-19(10-12)9-11-5-3-7-13(17)14(11)18/h3,5,7,12H,4,6,8-10H2,1-2H3,(H,20,21). The third kappa shape index (κ3) is 3.55. The third-order valence-electron chi connectivity index (χ3n) is 4.50. The summed E-state index contributed by atoms with van der Waals surface area (Å²) in [6, 6.07) is 5.00. The Labute approximate surface area is 129 Å². The molecular formula is C16H21ClFNO2. The molecule has 1 heterocycles. The lowest BCUT2D eigenvalue weighted by Crippen LogP contribution is -2.44. The van der Waals surface area contributed by atoms with Crippen molar-refractivity contribution in [3.63, 3.8) is 0 Å². The first-order chi connectivity index (χ1) is 9.82. The number of piperidine rings is 1. The molecule has 1 aromatic rings. The molecule has 1 unspecified atom stereocenters. The Kier molecular flexibility index (Phi) is 4.89. The van der Waals surface area contributed by atoms with E-state index in [2.05, 4.69) is 4.90 Å². The zero-order valence-electron chi connectivity index (χ0n) is 12.4. The molecule has 3 nitrogen and oxygen atoms in total. The van der Waals surface area contributed by atoms with E-state index >= 15 is 0 Å². The van der Waals surface area contributed by atoms with Gasteiger partial charge in [0.2, 0.25) is 0 Å². The maximum Gasteiger partial charge on any atom is 0.309 e. The Balaban J connectivity index is 2.08. The minimum absolute atomic E-state index is 0.0750. The van der Waals surface area contributed by atoms with Crippen LogP contribution in [0.4, 0.5) is 4.39 Å². The van der Waals surface area contributed by atoms with Crippen LogP contribution in [-0.4, -0.2) is 29.1 Å². The third-order valence-corrected chi connectivity index (χ3v) is 4.79. The molecule has 0 saturated carbocycles. The molecule has 0 bridgehead atoms. The topological polar surface area (TPSA) is 40.5 Å². The van der Waals surface area contributed by atoms with Gasteiger partial charge in [-0.25, -0.2) is 4.39 Å². The van der Waals surface area contributed by atoms with E-state index in [1.807, 2.05) is 0 Å². The van der Waals surface area contributed by atoms with Crippen molar-refractivity contribution in [2.45, 2.75) is 33.2 Å². The first-order valence-corrected chi connectivity index (χ1v) is 7.59. The zero-order valence-corrected chi connectivity index (χ0v) is 13.2. The summed E-state index contributed by atoms with van der Waals surface area (Å²) in [6.45, 7) is 5.54. The van der Waals surface area contributed by atoms with Crippen molar-refractivity contribution >= 4 is 17.6 Å². The molecule has 1 saturated heterocycles. The van der Waals surface area contributed by atoms with E-state index in [0.717, 1.165) is 19.4 Å². The highest BCUT2D eigenvalue weighted by Crippen LogP contribution is 2.34. The van der Waals surface area contributed by atoms with E-state index in [1.165, 1.54) is 6.07 Å². The molecule has 21 heavy (non-hydrogen) atoms. The zero-order chi connectivity index (χ0) is 15.6. The Morgan fingerprint density at radius 1 is 1.52 bits per heavy atom. The van der Waals surface area contributed by atoms with Crippen LogP contribution in [0.1, 0.15) is 32.3 Å². The van der Waals surface area contributed by atoms with Crippen molar-refractivity contribution < 1.29 is 14.3 Å². The van der Waals surface area contributed by atoms with Crippen LogP contribution in [0.3, 0.4) is 0 Å². The molecule has 2 rings (SSSR count). The summed E-state index contributed by atoms with van der Waals surface area (Å²) in [5.74, 6) is -1.08. The minimum atomic E-state index is -0.775. The Bertz CT molecular complexity index is 533. The molecule has 1 aliphatic rings. The molecule has 116 valence electrons. The summed E-state index contributed by atoms with van der Waals surface area (Å²) in [7, 11) is 0. The second-order valence-electron chi connectivity index (χ2n) is 6.31. The number of rotatable bonds is 4. The highest BCUT2D eigenvalue weighted by Gasteiger charge is 2.39. The number of likely N-dealkylation sites (tertiary alicyclic amines) is 1. The number of aliphatic carboxylic acids is 1. The van der Waals surface area contributed by atoms with Crippen molar-refractivity contribution in [3.8, 4) is 0 Å². The maximum absolute atomic E-state index is 14.0. The average Bonchev–Trinajstić information content (AvgIpc) is 2.44. The van der Waals surface area contributed by atoms with E-state index in [9.17, 15) is 14.3 Å². The number of nitrogens with zero attached hydrogens (tertiary/aromatic N) is 1. The number of hydrogen-bond acceptors (Lipinski definition) is 2. The van der Waals surface area contributed by atoms with Gasteiger partial charge in [-0.2, -0.15) is 0 Å². The van der Waals surface area contributed by atoms with Gasteiger partial charge in [-0.1, -0.05) is 23.7 Å². The number of halogens is 2. The number of benzene rings is 1. The van der Waals surface area contributed by atoms with Crippen molar-refractivity contribution in [3.05, 3.63) is 34.6 Å². The van der Waals surface area contributed by atoms with Gasteiger partial charge < -0.3 is 5.11 Å². The van der Waals surface area contributed by atoms with Gasteiger partial charge in [0, 0.05) is 18.7 Å². The fourth-order valence-electron chi connectivity index (χ4n) is 2.87. The Morgan fingerprint density at radius 2 is 2.24 bits per heavy atom. The van der Waals surface area contributed by atoms with Gasteiger partial charge in [0.15, 0.2) is 0 Å². The molecule has 1 aliphatic heterocycles. The molecule has 0 radical (unpaired) electrons. The van der Waals surface area contributed by atoms with Crippen LogP contribution < -0.4 is 0 Å². The fourth-order valence-corrected chi connectivity index (χ4v) is 3.07. The monoisotopic (exact) mass is 313 g/mol. The molecule has 0 spiro atoms. The van der Waals surface area contributed by atoms with Gasteiger partial charge in [-0.3, -0.25) is 9.69 Å². The average molecular weight is 314 g/mol. The highest BCUT2D eigenvalue weighted by molar-refractivity contribution is 6.30. The number of carbonyl (C=O) groups is 1. The molecule has 0 aliphatic carbocycles. The van der Waals surface area contributed by atoms with Crippen LogP contribution in [0.5, 0.6) is 0 Å². The number of hydrogen-bond donors (Lipinski definition) is 1. The summed E-state index contributed by atoms with van der Waals surface area (Å²) >= 11 is 5.80. The van der Waals surface area contributed by atoms with E-state index in [-0.39, 0.29) is 16.8 Å². The normalized spacial score (nSPS) is 20.5. The first-order valence-electron chi connectivity index (χ1n) is 7.21. The number of carboxylic acid groups (broad SMARTS) is 1. The molecule has 0 aromatic heterocycles. The van der Waals surface area contributed by atoms with E-state index in [4.69, 9.17) is 11.6 Å². The lowest BCUT2D eigenvalue weighted by molar-refractivity contribution is -0.151. The summed E-state index contributed by atoms with van der Waals surface area (Å²) in [5, 5.41) is 9.49. The van der Waals surface area contributed by atoms with Gasteiger partial charge in [0.05, 0.1) is 10.4 Å². The molecule has 1 atom stereocenters. The second kappa shape index (κ2) is 6.32. The lowest BCUT2D eigenvalue weighted by Gasteiger charge is -2.39. The largest absolute Gasteiger partial charge is 0.481 e. The molecule has 1 aromatic carbocycles. The van der Waals surface area contributed by atoms with Crippen LogP contribution in [-0.2, 0) is 11.3 Å². The van der Waals surface area contributed by atoms with Crippen molar-refractivity contribution in [2.24, 2.45) is 11.3 Å². The van der Waals surface area contributed by atoms with E-state index in [1.54, 1.807) is 26.0 Å². The summed E-state index contributed by atoms with van der Waals surface area (Å²) in [5.41, 5.74) is -0.192. The van der Waals surface area contributed by atoms with Crippen LogP contribution in [0.25, 0.3) is 0 Å². The lowest BCUT2D eigenvalue weighted by atomic mass is 9.74. The van der Waals surface area contributed by atoms with Crippen molar-refractivity contribution in [1.82, 2.24) is 4.90 Å². The van der Waals surface area contributed by atoms with Gasteiger partial charge in [0.25, 0.3) is 0 Å². The van der Waals surface area contributed by atoms with Crippen molar-refractivity contribution in [2.75, 3.05) is 13.1 Å². The Morgan fingerprint density at radius 3 is 2.90 bits per heavy atom. The predicted molar refractivity (Wildman–Crippen MR) is 80.8 cm³/mol. The SMILES string of the molecule is CC(C)(C(=O)O)C1CCCN(Cc2cccc(Cl)c2F)C1. The predicted octanol–water partition coefficient (Wildman–Crippen LogP) is 3.80. The fraction of sp³-hybridized carbons (Fsp3) is 0.562. The quantitative estimate of drug-likeness (QED) is 0.919. The Hall–Kier alpha value is -1.13.